The number of esters is 2. The van der Waals surface area contributed by atoms with Gasteiger partial charge in [-0.25, -0.2) is 9.59 Å². The number of ether oxygens (including phenoxy) is 2. The Morgan fingerprint density at radius 1 is 0.778 bits per heavy atom. The maximum absolute atomic E-state index is 12.9. The smallest absolute Gasteiger partial charge is 0.335 e. The second-order valence-corrected chi connectivity index (χ2v) is 11.5. The topological polar surface area (TPSA) is 64.6 Å². The second-order valence-electron chi connectivity index (χ2n) is 11.5. The summed E-state index contributed by atoms with van der Waals surface area (Å²) in [4.78, 5) is 25.7. The molecule has 0 amide bonds. The fourth-order valence-electron chi connectivity index (χ4n) is 4.41. The van der Waals surface area contributed by atoms with Crippen molar-refractivity contribution >= 4 is 17.6 Å². The molecule has 1 aliphatic carbocycles. The predicted molar refractivity (Wildman–Crippen MR) is 145 cm³/mol. The third kappa shape index (κ3) is 6.45. The molecule has 2 aromatic carbocycles. The normalized spacial score (nSPS) is 14.6. The van der Waals surface area contributed by atoms with Crippen molar-refractivity contribution in [3.05, 3.63) is 87.6 Å². The average molecular weight is 490 g/mol. The number of benzene rings is 2. The molecule has 5 nitrogen and oxygen atoms in total. The fourth-order valence-corrected chi connectivity index (χ4v) is 4.41. The van der Waals surface area contributed by atoms with Gasteiger partial charge >= 0.3 is 11.9 Å². The van der Waals surface area contributed by atoms with Crippen molar-refractivity contribution < 1.29 is 19.1 Å². The van der Waals surface area contributed by atoms with E-state index in [4.69, 9.17) is 9.47 Å². The summed E-state index contributed by atoms with van der Waals surface area (Å²) in [5, 5.41) is 3.42. The van der Waals surface area contributed by atoms with E-state index < -0.39 is 5.97 Å². The molecule has 192 valence electrons. The van der Waals surface area contributed by atoms with E-state index in [0.717, 1.165) is 16.8 Å². The van der Waals surface area contributed by atoms with Gasteiger partial charge in [0, 0.05) is 29.8 Å². The standard InChI is InChI=1S/C31H39NO4/c1-30(2,3)22-12-9-11-20(16-22)15-21-17-26(29(34)36-8)27(19-25(21)28(33)35-7)32-24-14-10-13-23(18-24)31(4,5)6/h9-14,16,18,32H,15,17,19H2,1-8H3. The molecule has 0 saturated heterocycles. The van der Waals surface area contributed by atoms with Crippen LogP contribution in [0, 0.1) is 0 Å². The molecule has 0 aliphatic heterocycles. The van der Waals surface area contributed by atoms with E-state index in [9.17, 15) is 9.59 Å². The van der Waals surface area contributed by atoms with Crippen molar-refractivity contribution in [2.75, 3.05) is 19.5 Å². The number of hydrogen-bond donors (Lipinski definition) is 1. The summed E-state index contributed by atoms with van der Waals surface area (Å²) in [6.07, 6.45) is 1.14. The van der Waals surface area contributed by atoms with Gasteiger partial charge in [-0.05, 0) is 46.1 Å². The average Bonchev–Trinajstić information content (AvgIpc) is 2.83. The largest absolute Gasteiger partial charge is 0.466 e. The van der Waals surface area contributed by atoms with Crippen LogP contribution in [0.15, 0.2) is 70.9 Å². The van der Waals surface area contributed by atoms with Crippen molar-refractivity contribution in [2.45, 2.75) is 71.6 Å². The molecule has 3 rings (SSSR count). The van der Waals surface area contributed by atoms with Gasteiger partial charge in [-0.2, -0.15) is 0 Å². The molecule has 5 heteroatoms. The van der Waals surface area contributed by atoms with Crippen molar-refractivity contribution in [3.8, 4) is 0 Å². The van der Waals surface area contributed by atoms with E-state index in [2.05, 4.69) is 77.2 Å². The molecule has 0 fully saturated rings. The van der Waals surface area contributed by atoms with Gasteiger partial charge < -0.3 is 14.8 Å². The molecule has 0 saturated carbocycles. The second kappa shape index (κ2) is 10.7. The van der Waals surface area contributed by atoms with E-state index in [-0.39, 0.29) is 23.2 Å². The molecule has 36 heavy (non-hydrogen) atoms. The van der Waals surface area contributed by atoms with Crippen LogP contribution in [0.2, 0.25) is 0 Å². The van der Waals surface area contributed by atoms with E-state index in [1.165, 1.54) is 25.3 Å². The van der Waals surface area contributed by atoms with Gasteiger partial charge in [0.2, 0.25) is 0 Å². The number of hydrogen-bond acceptors (Lipinski definition) is 5. The molecule has 1 N–H and O–H groups in total. The minimum absolute atomic E-state index is 0.0118. The van der Waals surface area contributed by atoms with Gasteiger partial charge in [-0.1, -0.05) is 83.5 Å². The number of rotatable bonds is 6. The highest BCUT2D eigenvalue weighted by Crippen LogP contribution is 2.35. The minimum atomic E-state index is -0.394. The Kier molecular flexibility index (Phi) is 8.12. The van der Waals surface area contributed by atoms with Crippen LogP contribution in [0.4, 0.5) is 5.69 Å². The molecule has 2 aromatic rings. The first-order valence-corrected chi connectivity index (χ1v) is 12.4. The molecule has 0 bridgehead atoms. The maximum atomic E-state index is 12.9. The molecule has 0 radical (unpaired) electrons. The number of anilines is 1. The minimum Gasteiger partial charge on any atom is -0.466 e. The summed E-state index contributed by atoms with van der Waals surface area (Å²) in [6, 6.07) is 16.5. The lowest BCUT2D eigenvalue weighted by atomic mass is 9.83. The Morgan fingerprint density at radius 2 is 1.33 bits per heavy atom. The van der Waals surface area contributed by atoms with Gasteiger partial charge in [-0.15, -0.1) is 0 Å². The van der Waals surface area contributed by atoms with Gasteiger partial charge in [0.1, 0.15) is 0 Å². The third-order valence-electron chi connectivity index (χ3n) is 6.63. The first-order chi connectivity index (χ1) is 16.8. The van der Waals surface area contributed by atoms with E-state index in [0.29, 0.717) is 29.7 Å². The lowest BCUT2D eigenvalue weighted by Crippen LogP contribution is -2.23. The molecule has 1 aliphatic rings. The van der Waals surface area contributed by atoms with Crippen LogP contribution in [-0.4, -0.2) is 26.2 Å². The van der Waals surface area contributed by atoms with Crippen molar-refractivity contribution in [2.24, 2.45) is 0 Å². The quantitative estimate of drug-likeness (QED) is 0.462. The predicted octanol–water partition coefficient (Wildman–Crippen LogP) is 6.63. The Hall–Kier alpha value is -3.34. The third-order valence-corrected chi connectivity index (χ3v) is 6.63. The SMILES string of the molecule is COC(=O)C1=C(Cc2cccc(C(C)(C)C)c2)CC(C(=O)OC)=C(Nc2cccc(C(C)(C)C)c2)C1. The number of methoxy groups -OCH3 is 2. The van der Waals surface area contributed by atoms with E-state index >= 15 is 0 Å². The van der Waals surface area contributed by atoms with Crippen LogP contribution < -0.4 is 5.32 Å². The highest BCUT2D eigenvalue weighted by atomic mass is 16.5. The Bertz CT molecular complexity index is 1110. The summed E-state index contributed by atoms with van der Waals surface area (Å²) >= 11 is 0. The van der Waals surface area contributed by atoms with Crippen LogP contribution in [0.5, 0.6) is 0 Å². The van der Waals surface area contributed by atoms with Crippen LogP contribution in [-0.2, 0) is 36.3 Å². The zero-order chi connectivity index (χ0) is 26.7. The van der Waals surface area contributed by atoms with Crippen molar-refractivity contribution in [3.63, 3.8) is 0 Å². The Labute approximate surface area is 215 Å². The first kappa shape index (κ1) is 27.3. The van der Waals surface area contributed by atoms with E-state index in [1.54, 1.807) is 0 Å². The lowest BCUT2D eigenvalue weighted by Gasteiger charge is -2.26. The van der Waals surface area contributed by atoms with Crippen LogP contribution >= 0.6 is 0 Å². The van der Waals surface area contributed by atoms with Gasteiger partial charge in [-0.3, -0.25) is 0 Å². The molecule has 0 spiro atoms. The number of carbonyl (C=O) groups is 2. The number of allylic oxidation sites excluding steroid dienone is 2. The monoisotopic (exact) mass is 489 g/mol. The van der Waals surface area contributed by atoms with Gasteiger partial charge in [0.05, 0.1) is 19.8 Å². The molecular weight excluding hydrogens is 450 g/mol. The summed E-state index contributed by atoms with van der Waals surface area (Å²) in [6.45, 7) is 13.0. The summed E-state index contributed by atoms with van der Waals surface area (Å²) < 4.78 is 10.3. The Balaban J connectivity index is 2.00. The Morgan fingerprint density at radius 3 is 1.92 bits per heavy atom. The maximum Gasteiger partial charge on any atom is 0.335 e. The van der Waals surface area contributed by atoms with Gasteiger partial charge in [0.25, 0.3) is 0 Å². The number of carbonyl (C=O) groups excluding carboxylic acids is 2. The molecule has 0 atom stereocenters. The molecular formula is C31H39NO4. The van der Waals surface area contributed by atoms with E-state index in [1.807, 2.05) is 18.2 Å². The summed E-state index contributed by atoms with van der Waals surface area (Å²) in [7, 11) is 2.78. The van der Waals surface area contributed by atoms with Crippen LogP contribution in [0.25, 0.3) is 0 Å². The lowest BCUT2D eigenvalue weighted by molar-refractivity contribution is -0.137. The summed E-state index contributed by atoms with van der Waals surface area (Å²) in [5.74, 6) is -0.766. The molecule has 0 unspecified atom stereocenters. The number of nitrogens with one attached hydrogen (secondary N) is 1. The first-order valence-electron chi connectivity index (χ1n) is 12.4. The van der Waals surface area contributed by atoms with Crippen molar-refractivity contribution in [1.82, 2.24) is 0 Å². The van der Waals surface area contributed by atoms with Crippen LogP contribution in [0.1, 0.15) is 71.1 Å². The zero-order valence-corrected chi connectivity index (χ0v) is 22.9. The van der Waals surface area contributed by atoms with Crippen molar-refractivity contribution in [1.29, 1.82) is 0 Å². The summed E-state index contributed by atoms with van der Waals surface area (Å²) in [5.41, 5.74) is 7.01. The van der Waals surface area contributed by atoms with Crippen LogP contribution in [0.3, 0.4) is 0 Å². The fraction of sp³-hybridized carbons (Fsp3) is 0.419. The highest BCUT2D eigenvalue weighted by molar-refractivity contribution is 5.96. The zero-order valence-electron chi connectivity index (χ0n) is 22.9. The molecule has 0 heterocycles. The highest BCUT2D eigenvalue weighted by Gasteiger charge is 2.30. The molecule has 0 aromatic heterocycles. The van der Waals surface area contributed by atoms with Gasteiger partial charge in [0.15, 0.2) is 0 Å².